The molecule has 1 heteroatoms. The van der Waals surface area contributed by atoms with Crippen LogP contribution in [0.5, 0.6) is 0 Å². The summed E-state index contributed by atoms with van der Waals surface area (Å²) in [5, 5.41) is 3.83. The SMILES string of the molecule is c1ccc(C2CCNC3(CCCCC3)C2)cc1. The van der Waals surface area contributed by atoms with Crippen molar-refractivity contribution in [1.29, 1.82) is 0 Å². The molecule has 1 aliphatic carbocycles. The number of piperidine rings is 1. The van der Waals surface area contributed by atoms with Gasteiger partial charge >= 0.3 is 0 Å². The van der Waals surface area contributed by atoms with Crippen molar-refractivity contribution in [3.05, 3.63) is 35.9 Å². The van der Waals surface area contributed by atoms with Crippen molar-refractivity contribution in [2.75, 3.05) is 6.54 Å². The Kier molecular flexibility index (Phi) is 3.19. The molecule has 92 valence electrons. The molecule has 1 saturated heterocycles. The average Bonchev–Trinajstić information content (AvgIpc) is 2.41. The van der Waals surface area contributed by atoms with Crippen LogP contribution in [0.3, 0.4) is 0 Å². The molecule has 3 rings (SSSR count). The molecule has 1 aromatic carbocycles. The first-order chi connectivity index (χ1) is 8.38. The quantitative estimate of drug-likeness (QED) is 0.771. The van der Waals surface area contributed by atoms with Crippen molar-refractivity contribution in [3.8, 4) is 0 Å². The van der Waals surface area contributed by atoms with E-state index in [0.717, 1.165) is 5.92 Å². The van der Waals surface area contributed by atoms with Crippen LogP contribution in [0, 0.1) is 0 Å². The summed E-state index contributed by atoms with van der Waals surface area (Å²) in [5.41, 5.74) is 2.04. The van der Waals surface area contributed by atoms with Crippen molar-refractivity contribution < 1.29 is 0 Å². The van der Waals surface area contributed by atoms with Crippen molar-refractivity contribution in [2.45, 2.75) is 56.4 Å². The van der Waals surface area contributed by atoms with Crippen molar-refractivity contribution in [3.63, 3.8) is 0 Å². The molecule has 0 amide bonds. The molecule has 17 heavy (non-hydrogen) atoms. The Morgan fingerprint density at radius 1 is 1.00 bits per heavy atom. The standard InChI is InChI=1S/C16H23N/c1-3-7-14(8-4-1)15-9-12-17-16(13-15)10-5-2-6-11-16/h1,3-4,7-8,15,17H,2,5-6,9-13H2. The normalized spacial score (nSPS) is 28.1. The molecule has 2 fully saturated rings. The molecule has 0 aromatic heterocycles. The Morgan fingerprint density at radius 3 is 2.53 bits per heavy atom. The topological polar surface area (TPSA) is 12.0 Å². The molecule has 1 nitrogen and oxygen atoms in total. The first kappa shape index (κ1) is 11.3. The van der Waals surface area contributed by atoms with E-state index in [-0.39, 0.29) is 0 Å². The third kappa shape index (κ3) is 2.40. The fraction of sp³-hybridized carbons (Fsp3) is 0.625. The summed E-state index contributed by atoms with van der Waals surface area (Å²) < 4.78 is 0. The summed E-state index contributed by atoms with van der Waals surface area (Å²) in [6.45, 7) is 1.21. The van der Waals surface area contributed by atoms with E-state index < -0.39 is 0 Å². The lowest BCUT2D eigenvalue weighted by molar-refractivity contribution is 0.169. The van der Waals surface area contributed by atoms with E-state index in [1.54, 1.807) is 5.56 Å². The average molecular weight is 229 g/mol. The van der Waals surface area contributed by atoms with Gasteiger partial charge in [-0.05, 0) is 43.7 Å². The van der Waals surface area contributed by atoms with Gasteiger partial charge in [0.1, 0.15) is 0 Å². The number of benzene rings is 1. The van der Waals surface area contributed by atoms with E-state index in [9.17, 15) is 0 Å². The van der Waals surface area contributed by atoms with E-state index in [2.05, 4.69) is 35.6 Å². The number of hydrogen-bond donors (Lipinski definition) is 1. The highest BCUT2D eigenvalue weighted by molar-refractivity contribution is 5.21. The summed E-state index contributed by atoms with van der Waals surface area (Å²) in [5.74, 6) is 0.788. The van der Waals surface area contributed by atoms with Gasteiger partial charge in [0.25, 0.3) is 0 Å². The van der Waals surface area contributed by atoms with Gasteiger partial charge in [0.05, 0.1) is 0 Å². The van der Waals surface area contributed by atoms with Crippen LogP contribution in [0.2, 0.25) is 0 Å². The van der Waals surface area contributed by atoms with Crippen LogP contribution in [-0.2, 0) is 0 Å². The zero-order chi connectivity index (χ0) is 11.6. The molecular weight excluding hydrogens is 206 g/mol. The van der Waals surface area contributed by atoms with Crippen molar-refractivity contribution in [1.82, 2.24) is 5.32 Å². The van der Waals surface area contributed by atoms with Crippen molar-refractivity contribution >= 4 is 0 Å². The molecule has 1 spiro atoms. The Hall–Kier alpha value is -0.820. The molecule has 0 bridgehead atoms. The molecule has 1 atom stereocenters. The largest absolute Gasteiger partial charge is 0.311 e. The molecule has 1 unspecified atom stereocenters. The van der Waals surface area contributed by atoms with Crippen LogP contribution in [0.15, 0.2) is 30.3 Å². The van der Waals surface area contributed by atoms with E-state index >= 15 is 0 Å². The smallest absolute Gasteiger partial charge is 0.0187 e. The zero-order valence-corrected chi connectivity index (χ0v) is 10.6. The maximum Gasteiger partial charge on any atom is 0.0187 e. The molecule has 1 heterocycles. The van der Waals surface area contributed by atoms with Gasteiger partial charge in [-0.3, -0.25) is 0 Å². The fourth-order valence-corrected chi connectivity index (χ4v) is 3.78. The summed E-state index contributed by atoms with van der Waals surface area (Å²) >= 11 is 0. The minimum atomic E-state index is 0.483. The molecule has 2 aliphatic rings. The first-order valence-corrected chi connectivity index (χ1v) is 7.18. The lowest BCUT2D eigenvalue weighted by Crippen LogP contribution is -2.51. The Labute approximate surface area is 105 Å². The number of hydrogen-bond acceptors (Lipinski definition) is 1. The molecule has 1 saturated carbocycles. The van der Waals surface area contributed by atoms with E-state index in [4.69, 9.17) is 0 Å². The first-order valence-electron chi connectivity index (χ1n) is 7.18. The second-order valence-electron chi connectivity index (χ2n) is 5.87. The Morgan fingerprint density at radius 2 is 1.76 bits per heavy atom. The van der Waals surface area contributed by atoms with Crippen LogP contribution in [-0.4, -0.2) is 12.1 Å². The third-order valence-corrected chi connectivity index (χ3v) is 4.71. The molecule has 1 aliphatic heterocycles. The monoisotopic (exact) mass is 229 g/mol. The van der Waals surface area contributed by atoms with Gasteiger partial charge in [0.15, 0.2) is 0 Å². The molecular formula is C16H23N. The van der Waals surface area contributed by atoms with Crippen LogP contribution >= 0.6 is 0 Å². The highest BCUT2D eigenvalue weighted by Gasteiger charge is 2.37. The van der Waals surface area contributed by atoms with E-state index in [1.165, 1.54) is 51.5 Å². The van der Waals surface area contributed by atoms with Gasteiger partial charge in [0.2, 0.25) is 0 Å². The lowest BCUT2D eigenvalue weighted by atomic mass is 9.71. The van der Waals surface area contributed by atoms with Gasteiger partial charge in [-0.25, -0.2) is 0 Å². The minimum absolute atomic E-state index is 0.483. The van der Waals surface area contributed by atoms with Crippen LogP contribution in [0.4, 0.5) is 0 Å². The maximum atomic E-state index is 3.83. The van der Waals surface area contributed by atoms with Crippen LogP contribution in [0.1, 0.15) is 56.4 Å². The second kappa shape index (κ2) is 4.81. The van der Waals surface area contributed by atoms with Gasteiger partial charge < -0.3 is 5.32 Å². The predicted octanol–water partition coefficient (Wildman–Crippen LogP) is 3.86. The maximum absolute atomic E-state index is 3.83. The predicted molar refractivity (Wildman–Crippen MR) is 72.2 cm³/mol. The van der Waals surface area contributed by atoms with Crippen LogP contribution < -0.4 is 5.32 Å². The van der Waals surface area contributed by atoms with Gasteiger partial charge in [-0.15, -0.1) is 0 Å². The summed E-state index contributed by atoms with van der Waals surface area (Å²) in [6, 6.07) is 11.1. The second-order valence-corrected chi connectivity index (χ2v) is 5.87. The summed E-state index contributed by atoms with van der Waals surface area (Å²) in [7, 11) is 0. The summed E-state index contributed by atoms with van der Waals surface area (Å²) in [6.07, 6.45) is 9.76. The molecule has 0 radical (unpaired) electrons. The fourth-order valence-electron chi connectivity index (χ4n) is 3.78. The van der Waals surface area contributed by atoms with E-state index in [1.807, 2.05) is 0 Å². The zero-order valence-electron chi connectivity index (χ0n) is 10.6. The van der Waals surface area contributed by atoms with E-state index in [0.29, 0.717) is 5.54 Å². The number of nitrogens with one attached hydrogen (secondary N) is 1. The summed E-state index contributed by atoms with van der Waals surface area (Å²) in [4.78, 5) is 0. The Balaban J connectivity index is 1.75. The van der Waals surface area contributed by atoms with Gasteiger partial charge in [-0.2, -0.15) is 0 Å². The highest BCUT2D eigenvalue weighted by Crippen LogP contribution is 2.40. The minimum Gasteiger partial charge on any atom is -0.311 e. The highest BCUT2D eigenvalue weighted by atomic mass is 15.0. The molecule has 1 N–H and O–H groups in total. The van der Waals surface area contributed by atoms with Gasteiger partial charge in [-0.1, -0.05) is 49.6 Å². The van der Waals surface area contributed by atoms with Crippen molar-refractivity contribution in [2.24, 2.45) is 0 Å². The lowest BCUT2D eigenvalue weighted by Gasteiger charge is -2.45. The molecule has 1 aromatic rings. The van der Waals surface area contributed by atoms with Crippen LogP contribution in [0.25, 0.3) is 0 Å². The third-order valence-electron chi connectivity index (χ3n) is 4.71. The van der Waals surface area contributed by atoms with Gasteiger partial charge in [0, 0.05) is 5.54 Å². The number of rotatable bonds is 1. The Bertz CT molecular complexity index is 346.